The number of benzene rings is 2. The molecule has 0 saturated carbocycles. The number of nitrogen functional groups attached to an aromatic ring is 1. The van der Waals surface area contributed by atoms with Gasteiger partial charge in [0, 0.05) is 15.6 Å². The van der Waals surface area contributed by atoms with Gasteiger partial charge in [-0.25, -0.2) is 9.97 Å². The number of fused-ring (bicyclic) bond motifs is 1. The molecule has 4 nitrogen and oxygen atoms in total. The number of nitrogens with zero attached hydrogens (tertiary/aromatic N) is 2. The smallest absolute Gasteiger partial charge is 0.258 e. The lowest BCUT2D eigenvalue weighted by Gasteiger charge is -2.10. The van der Waals surface area contributed by atoms with Crippen LogP contribution in [0.25, 0.3) is 11.0 Å². The zero-order valence-corrected chi connectivity index (χ0v) is 12.4. The molecule has 6 heteroatoms. The van der Waals surface area contributed by atoms with Crippen LogP contribution in [0.1, 0.15) is 5.56 Å². The van der Waals surface area contributed by atoms with E-state index < -0.39 is 0 Å². The van der Waals surface area contributed by atoms with Gasteiger partial charge in [0.05, 0.1) is 11.0 Å². The maximum absolute atomic E-state index is 6.10. The Morgan fingerprint density at radius 3 is 2.19 bits per heavy atom. The molecule has 0 atom stereocenters. The van der Waals surface area contributed by atoms with Crippen LogP contribution in [0.3, 0.4) is 0 Å². The van der Waals surface area contributed by atoms with E-state index in [4.69, 9.17) is 33.7 Å². The van der Waals surface area contributed by atoms with Crippen molar-refractivity contribution in [1.29, 1.82) is 0 Å². The van der Waals surface area contributed by atoms with E-state index in [1.807, 2.05) is 24.3 Å². The summed E-state index contributed by atoms with van der Waals surface area (Å²) in [5, 5.41) is 1.07. The van der Waals surface area contributed by atoms with Gasteiger partial charge in [-0.1, -0.05) is 41.4 Å². The van der Waals surface area contributed by atoms with E-state index in [0.717, 1.165) is 5.52 Å². The first-order valence-corrected chi connectivity index (χ1v) is 6.98. The average molecular weight is 320 g/mol. The van der Waals surface area contributed by atoms with Crippen molar-refractivity contribution in [2.45, 2.75) is 6.61 Å². The third-order valence-electron chi connectivity index (χ3n) is 2.98. The molecule has 0 saturated heterocycles. The van der Waals surface area contributed by atoms with Gasteiger partial charge in [0.25, 0.3) is 5.88 Å². The molecule has 0 radical (unpaired) electrons. The minimum atomic E-state index is 0.176. The quantitative estimate of drug-likeness (QED) is 0.789. The highest BCUT2D eigenvalue weighted by atomic mass is 35.5. The minimum absolute atomic E-state index is 0.176. The van der Waals surface area contributed by atoms with Crippen molar-refractivity contribution < 1.29 is 4.74 Å². The first-order chi connectivity index (χ1) is 10.1. The van der Waals surface area contributed by atoms with Gasteiger partial charge in [0.1, 0.15) is 6.61 Å². The van der Waals surface area contributed by atoms with Gasteiger partial charge in [-0.2, -0.15) is 0 Å². The monoisotopic (exact) mass is 319 g/mol. The highest BCUT2D eigenvalue weighted by Crippen LogP contribution is 2.27. The molecule has 0 spiro atoms. The molecule has 0 aliphatic heterocycles. The largest absolute Gasteiger partial charge is 0.470 e. The predicted octanol–water partition coefficient (Wildman–Crippen LogP) is 4.10. The molecule has 0 aliphatic rings. The number of anilines is 1. The normalized spacial score (nSPS) is 10.8. The average Bonchev–Trinajstić information content (AvgIpc) is 2.47. The first kappa shape index (κ1) is 13.9. The Bertz CT molecular complexity index is 788. The van der Waals surface area contributed by atoms with Gasteiger partial charge >= 0.3 is 0 Å². The fourth-order valence-corrected chi connectivity index (χ4v) is 2.42. The van der Waals surface area contributed by atoms with Crippen molar-refractivity contribution in [1.82, 2.24) is 9.97 Å². The molecule has 0 bridgehead atoms. The Labute approximate surface area is 131 Å². The van der Waals surface area contributed by atoms with Crippen molar-refractivity contribution in [3.05, 3.63) is 58.1 Å². The lowest BCUT2D eigenvalue weighted by molar-refractivity contribution is 0.296. The number of nitrogens with two attached hydrogens (primary N) is 1. The van der Waals surface area contributed by atoms with Crippen LogP contribution in [0.15, 0.2) is 42.5 Å². The second-order valence-corrected chi connectivity index (χ2v) is 5.21. The molecule has 21 heavy (non-hydrogen) atoms. The summed E-state index contributed by atoms with van der Waals surface area (Å²) in [6, 6.07) is 12.7. The van der Waals surface area contributed by atoms with Gasteiger partial charge in [0.15, 0.2) is 5.82 Å². The molecule has 3 aromatic rings. The van der Waals surface area contributed by atoms with Crippen molar-refractivity contribution in [3.8, 4) is 5.88 Å². The topological polar surface area (TPSA) is 61.0 Å². The van der Waals surface area contributed by atoms with Gasteiger partial charge in [-0.15, -0.1) is 0 Å². The molecule has 0 aliphatic carbocycles. The highest BCUT2D eigenvalue weighted by molar-refractivity contribution is 6.35. The predicted molar refractivity (Wildman–Crippen MR) is 84.7 cm³/mol. The van der Waals surface area contributed by atoms with Crippen molar-refractivity contribution >= 4 is 40.1 Å². The first-order valence-electron chi connectivity index (χ1n) is 6.23. The number of halogens is 2. The van der Waals surface area contributed by atoms with Crippen LogP contribution in [-0.4, -0.2) is 9.97 Å². The lowest BCUT2D eigenvalue weighted by atomic mass is 10.2. The summed E-state index contributed by atoms with van der Waals surface area (Å²) in [5.41, 5.74) is 7.99. The number of aromatic nitrogens is 2. The number of hydrogen-bond donors (Lipinski definition) is 1. The Kier molecular flexibility index (Phi) is 3.82. The third kappa shape index (κ3) is 2.86. The third-order valence-corrected chi connectivity index (χ3v) is 3.69. The van der Waals surface area contributed by atoms with Crippen LogP contribution in [0.4, 0.5) is 5.82 Å². The van der Waals surface area contributed by atoms with E-state index in [9.17, 15) is 0 Å². The molecule has 0 fully saturated rings. The molecule has 2 aromatic carbocycles. The van der Waals surface area contributed by atoms with Crippen LogP contribution in [0, 0.1) is 0 Å². The van der Waals surface area contributed by atoms with Gasteiger partial charge in [-0.3, -0.25) is 0 Å². The van der Waals surface area contributed by atoms with Crippen LogP contribution in [0.5, 0.6) is 5.88 Å². The molecule has 3 rings (SSSR count). The highest BCUT2D eigenvalue weighted by Gasteiger charge is 2.10. The summed E-state index contributed by atoms with van der Waals surface area (Å²) in [6.07, 6.45) is 0. The molecule has 1 heterocycles. The van der Waals surface area contributed by atoms with Crippen molar-refractivity contribution in [2.24, 2.45) is 0 Å². The van der Waals surface area contributed by atoms with E-state index >= 15 is 0 Å². The Morgan fingerprint density at radius 2 is 1.52 bits per heavy atom. The second kappa shape index (κ2) is 5.76. The number of para-hydroxylation sites is 2. The Hall–Kier alpha value is -2.04. The summed E-state index contributed by atoms with van der Waals surface area (Å²) in [7, 11) is 0. The van der Waals surface area contributed by atoms with Crippen LogP contribution < -0.4 is 10.5 Å². The van der Waals surface area contributed by atoms with E-state index in [2.05, 4.69) is 9.97 Å². The SMILES string of the molecule is Nc1nc2ccccc2nc1OCc1c(Cl)cccc1Cl. The maximum atomic E-state index is 6.10. The number of hydrogen-bond acceptors (Lipinski definition) is 4. The van der Waals surface area contributed by atoms with Gasteiger partial charge in [0.2, 0.25) is 0 Å². The molecule has 1 aromatic heterocycles. The molecule has 0 amide bonds. The number of ether oxygens (including phenoxy) is 1. The minimum Gasteiger partial charge on any atom is -0.470 e. The van der Waals surface area contributed by atoms with Gasteiger partial charge < -0.3 is 10.5 Å². The summed E-state index contributed by atoms with van der Waals surface area (Å²) < 4.78 is 5.63. The van der Waals surface area contributed by atoms with E-state index in [1.54, 1.807) is 18.2 Å². The standard InChI is InChI=1S/C15H11Cl2N3O/c16-10-4-3-5-11(17)9(10)8-21-15-14(18)19-12-6-1-2-7-13(12)20-15/h1-7H,8H2,(H2,18,19). The Balaban J connectivity index is 1.90. The Morgan fingerprint density at radius 1 is 0.905 bits per heavy atom. The van der Waals surface area contributed by atoms with Crippen LogP contribution >= 0.6 is 23.2 Å². The van der Waals surface area contributed by atoms with Crippen LogP contribution in [-0.2, 0) is 6.61 Å². The molecule has 0 unspecified atom stereocenters. The summed E-state index contributed by atoms with van der Waals surface area (Å²) in [6.45, 7) is 0.176. The second-order valence-electron chi connectivity index (χ2n) is 4.39. The summed E-state index contributed by atoms with van der Waals surface area (Å²) in [4.78, 5) is 8.61. The maximum Gasteiger partial charge on any atom is 0.258 e. The van der Waals surface area contributed by atoms with Gasteiger partial charge in [-0.05, 0) is 24.3 Å². The summed E-state index contributed by atoms with van der Waals surface area (Å²) in [5.74, 6) is 0.501. The fraction of sp³-hybridized carbons (Fsp3) is 0.0667. The lowest BCUT2D eigenvalue weighted by Crippen LogP contribution is -2.04. The molecule has 2 N–H and O–H groups in total. The van der Waals surface area contributed by atoms with E-state index in [1.165, 1.54) is 0 Å². The fourth-order valence-electron chi connectivity index (χ4n) is 1.91. The molecule has 106 valence electrons. The molecular weight excluding hydrogens is 309 g/mol. The van der Waals surface area contributed by atoms with Crippen molar-refractivity contribution in [2.75, 3.05) is 5.73 Å². The molecular formula is C15H11Cl2N3O. The van der Waals surface area contributed by atoms with E-state index in [0.29, 0.717) is 21.1 Å². The van der Waals surface area contributed by atoms with E-state index in [-0.39, 0.29) is 18.3 Å². The zero-order chi connectivity index (χ0) is 14.8. The number of rotatable bonds is 3. The summed E-state index contributed by atoms with van der Waals surface area (Å²) >= 11 is 12.2. The zero-order valence-electron chi connectivity index (χ0n) is 10.9. The van der Waals surface area contributed by atoms with Crippen molar-refractivity contribution in [3.63, 3.8) is 0 Å². The van der Waals surface area contributed by atoms with Crippen LogP contribution in [0.2, 0.25) is 10.0 Å².